The van der Waals surface area contributed by atoms with Crippen molar-refractivity contribution in [3.63, 3.8) is 0 Å². The molecule has 2 rings (SSSR count). The zero-order chi connectivity index (χ0) is 17.4. The van der Waals surface area contributed by atoms with Crippen LogP contribution in [0.4, 0.5) is 8.78 Å². The van der Waals surface area contributed by atoms with E-state index in [2.05, 4.69) is 33.5 Å². The summed E-state index contributed by atoms with van der Waals surface area (Å²) in [5.41, 5.74) is -3.99. The molecule has 1 aromatic heterocycles. The van der Waals surface area contributed by atoms with Crippen molar-refractivity contribution in [2.75, 3.05) is 0 Å². The molecule has 0 amide bonds. The molecule has 1 unspecified atom stereocenters. The first kappa shape index (κ1) is 18.8. The fourth-order valence-electron chi connectivity index (χ4n) is 1.82. The van der Waals surface area contributed by atoms with Crippen LogP contribution in [0.1, 0.15) is 22.1 Å². The number of hydrogen-bond donors (Lipinski definition) is 3. The minimum absolute atomic E-state index is 0.128. The molecule has 23 heavy (non-hydrogen) atoms. The van der Waals surface area contributed by atoms with Crippen molar-refractivity contribution in [1.82, 2.24) is 4.98 Å². The van der Waals surface area contributed by atoms with Gasteiger partial charge in [-0.2, -0.15) is 21.4 Å². The summed E-state index contributed by atoms with van der Waals surface area (Å²) >= 11 is 13.1. The van der Waals surface area contributed by atoms with Crippen molar-refractivity contribution >= 4 is 47.8 Å². The smallest absolute Gasteiger partial charge is 0.320 e. The molecule has 0 fully saturated rings. The van der Waals surface area contributed by atoms with Gasteiger partial charge in [0.05, 0.1) is 16.0 Å². The van der Waals surface area contributed by atoms with Crippen molar-refractivity contribution < 1.29 is 23.1 Å². The Kier molecular flexibility index (Phi) is 5.55. The molecule has 2 N–H and O–H groups in total. The molecule has 1 heterocycles. The van der Waals surface area contributed by atoms with Crippen LogP contribution < -0.4 is 0 Å². The van der Waals surface area contributed by atoms with Crippen LogP contribution in [0.3, 0.4) is 0 Å². The number of alkyl halides is 2. The van der Waals surface area contributed by atoms with Gasteiger partial charge in [-0.1, -0.05) is 39.7 Å². The fraction of sp³-hybridized carbons (Fsp3) is 0.154. The molecule has 4 nitrogen and oxygen atoms in total. The average molecular weight is 445 g/mol. The van der Waals surface area contributed by atoms with Gasteiger partial charge in [-0.3, -0.25) is 9.55 Å². The van der Waals surface area contributed by atoms with E-state index in [1.807, 2.05) is 0 Å². The van der Waals surface area contributed by atoms with Crippen molar-refractivity contribution in [3.8, 4) is 0 Å². The van der Waals surface area contributed by atoms with E-state index in [0.717, 1.165) is 6.07 Å². The molecule has 0 aliphatic rings. The lowest BCUT2D eigenvalue weighted by molar-refractivity contribution is 0.0557. The number of aromatic nitrogens is 1. The summed E-state index contributed by atoms with van der Waals surface area (Å²) in [5, 5.41) is -0.0617. The second-order valence-corrected chi connectivity index (χ2v) is 8.09. The first-order valence-corrected chi connectivity index (χ1v) is 9.37. The highest BCUT2D eigenvalue weighted by Crippen LogP contribution is 2.60. The van der Waals surface area contributed by atoms with Crippen LogP contribution in [-0.2, 0) is 10.2 Å². The molecule has 124 valence electrons. The number of hydrogen-bond acceptors (Lipinski definition) is 3. The van der Waals surface area contributed by atoms with E-state index in [-0.39, 0.29) is 4.47 Å². The molecular weight excluding hydrogens is 435 g/mol. The van der Waals surface area contributed by atoms with E-state index in [1.165, 1.54) is 18.3 Å². The van der Waals surface area contributed by atoms with E-state index in [9.17, 15) is 13.3 Å². The summed E-state index contributed by atoms with van der Waals surface area (Å²) in [6.45, 7) is 0. The van der Waals surface area contributed by atoms with Crippen LogP contribution in [0.15, 0.2) is 41.0 Å². The van der Waals surface area contributed by atoms with E-state index in [1.54, 1.807) is 12.1 Å². The molecule has 0 aliphatic heterocycles. The summed E-state index contributed by atoms with van der Waals surface area (Å²) in [6, 6.07) is 6.87. The lowest BCUT2D eigenvalue weighted by Gasteiger charge is -2.20. The minimum Gasteiger partial charge on any atom is -0.320 e. The summed E-state index contributed by atoms with van der Waals surface area (Å²) in [7, 11) is -5.63. The third-order valence-corrected chi connectivity index (χ3v) is 5.44. The fourth-order valence-corrected chi connectivity index (χ4v) is 3.55. The van der Waals surface area contributed by atoms with Gasteiger partial charge in [-0.15, -0.1) is 0 Å². The van der Waals surface area contributed by atoms with Gasteiger partial charge in [0.1, 0.15) is 0 Å². The number of nitrogens with zero attached hydrogens (tertiary/aromatic N) is 1. The number of halogens is 4. The van der Waals surface area contributed by atoms with Crippen LogP contribution in [0.25, 0.3) is 0 Å². The Balaban J connectivity index is 2.40. The Morgan fingerprint density at radius 3 is 2.43 bits per heavy atom. The van der Waals surface area contributed by atoms with Crippen molar-refractivity contribution in [2.24, 2.45) is 0 Å². The van der Waals surface area contributed by atoms with E-state index < -0.39 is 24.1 Å². The van der Waals surface area contributed by atoms with E-state index in [4.69, 9.17) is 21.4 Å². The maximum absolute atomic E-state index is 13.8. The Morgan fingerprint density at radius 1 is 1.30 bits per heavy atom. The standard InChI is InChI=1S/C13H10BrClF2NO3PS/c14-10-5-7(12(23)11-4-2-8(15)6-18-11)1-3-9(10)13(16,17)22(19,20)21/h1-6,12,23H,(H2,19,20,21). The SMILES string of the molecule is O=P(O)(O)C(F)(F)c1ccc(C(S)c2ccc(Cl)cn2)cc1Br. The zero-order valence-corrected chi connectivity index (χ0v) is 15.3. The third-order valence-electron chi connectivity index (χ3n) is 3.03. The number of pyridine rings is 1. The second kappa shape index (κ2) is 6.78. The number of benzene rings is 1. The van der Waals surface area contributed by atoms with Gasteiger partial charge in [0, 0.05) is 16.2 Å². The van der Waals surface area contributed by atoms with Gasteiger partial charge >= 0.3 is 13.3 Å². The lowest BCUT2D eigenvalue weighted by atomic mass is 10.1. The Morgan fingerprint density at radius 2 is 1.96 bits per heavy atom. The maximum atomic E-state index is 13.8. The van der Waals surface area contributed by atoms with Gasteiger partial charge in [0.2, 0.25) is 0 Å². The number of rotatable bonds is 4. The predicted octanol–water partition coefficient (Wildman–Crippen LogP) is 4.74. The predicted molar refractivity (Wildman–Crippen MR) is 90.2 cm³/mol. The normalized spacial score (nSPS) is 13.9. The Bertz CT molecular complexity index is 772. The van der Waals surface area contributed by atoms with Crippen molar-refractivity contribution in [1.29, 1.82) is 0 Å². The van der Waals surface area contributed by atoms with Crippen LogP contribution >= 0.6 is 47.8 Å². The topological polar surface area (TPSA) is 70.4 Å². The highest BCUT2D eigenvalue weighted by atomic mass is 79.9. The van der Waals surface area contributed by atoms with Gasteiger partial charge < -0.3 is 9.79 Å². The molecule has 0 aliphatic carbocycles. The van der Waals surface area contributed by atoms with E-state index >= 15 is 0 Å². The molecule has 0 bridgehead atoms. The Labute approximate surface area is 149 Å². The highest BCUT2D eigenvalue weighted by Gasteiger charge is 2.51. The molecule has 2 aromatic rings. The highest BCUT2D eigenvalue weighted by molar-refractivity contribution is 9.10. The van der Waals surface area contributed by atoms with Gasteiger partial charge in [-0.25, -0.2) is 0 Å². The number of thiol groups is 1. The molecule has 1 aromatic carbocycles. The van der Waals surface area contributed by atoms with Crippen LogP contribution in [0.5, 0.6) is 0 Å². The molecule has 0 saturated carbocycles. The minimum atomic E-state index is -5.63. The molecule has 0 spiro atoms. The van der Waals surface area contributed by atoms with E-state index in [0.29, 0.717) is 16.3 Å². The summed E-state index contributed by atoms with van der Waals surface area (Å²) in [4.78, 5) is 21.7. The third kappa shape index (κ3) is 3.95. The molecule has 0 saturated heterocycles. The van der Waals surface area contributed by atoms with Crippen LogP contribution in [0, 0.1) is 0 Å². The monoisotopic (exact) mass is 443 g/mol. The van der Waals surface area contributed by atoms with Gasteiger partial charge in [0.15, 0.2) is 0 Å². The van der Waals surface area contributed by atoms with Gasteiger partial charge in [-0.05, 0) is 23.8 Å². The second-order valence-electron chi connectivity index (χ2n) is 4.63. The first-order valence-electron chi connectivity index (χ1n) is 6.07. The quantitative estimate of drug-likeness (QED) is 0.470. The molecule has 0 radical (unpaired) electrons. The zero-order valence-electron chi connectivity index (χ0n) is 11.2. The summed E-state index contributed by atoms with van der Waals surface area (Å²) in [5.74, 6) is 0. The summed E-state index contributed by atoms with van der Waals surface area (Å²) in [6.07, 6.45) is 1.44. The van der Waals surface area contributed by atoms with Crippen LogP contribution in [0.2, 0.25) is 5.02 Å². The lowest BCUT2D eigenvalue weighted by Crippen LogP contribution is -2.14. The van der Waals surface area contributed by atoms with Crippen molar-refractivity contribution in [2.45, 2.75) is 10.9 Å². The van der Waals surface area contributed by atoms with Crippen molar-refractivity contribution in [3.05, 3.63) is 62.8 Å². The summed E-state index contributed by atoms with van der Waals surface area (Å²) < 4.78 is 38.4. The van der Waals surface area contributed by atoms with Crippen LogP contribution in [-0.4, -0.2) is 14.8 Å². The average Bonchev–Trinajstić information content (AvgIpc) is 2.45. The largest absolute Gasteiger partial charge is 0.399 e. The molecular formula is C13H10BrClF2NO3PS. The first-order chi connectivity index (χ1) is 10.5. The maximum Gasteiger partial charge on any atom is 0.399 e. The molecule has 10 heteroatoms. The van der Waals surface area contributed by atoms with Gasteiger partial charge in [0.25, 0.3) is 0 Å². The Hall–Kier alpha value is -0.500. The molecule has 1 atom stereocenters.